The van der Waals surface area contributed by atoms with Crippen LogP contribution in [0, 0.1) is 0 Å². The van der Waals surface area contributed by atoms with Gasteiger partial charge in [-0.2, -0.15) is 0 Å². The highest BCUT2D eigenvalue weighted by Crippen LogP contribution is 2.23. The number of hydrogen-bond donors (Lipinski definition) is 2. The van der Waals surface area contributed by atoms with E-state index in [0.29, 0.717) is 36.0 Å². The lowest BCUT2D eigenvalue weighted by atomic mass is 10.1. The van der Waals surface area contributed by atoms with Crippen LogP contribution in [0.5, 0.6) is 0 Å². The minimum atomic E-state index is -0.0735. The Balaban J connectivity index is 1.94. The fourth-order valence-electron chi connectivity index (χ4n) is 2.32. The first kappa shape index (κ1) is 15.1. The van der Waals surface area contributed by atoms with Crippen molar-refractivity contribution in [2.75, 3.05) is 32.0 Å². The Bertz CT molecular complexity index is 473. The third-order valence-electron chi connectivity index (χ3n) is 3.40. The maximum absolute atomic E-state index is 12.4. The summed E-state index contributed by atoms with van der Waals surface area (Å²) in [6.07, 6.45) is 1.67. The number of nitrogens with zero attached hydrogens (tertiary/aromatic N) is 1. The summed E-state index contributed by atoms with van der Waals surface area (Å²) in [5.74, 6) is -0.0735. The number of nitrogen functional groups attached to an aromatic ring is 1. The fraction of sp³-hybridized carbons (Fsp3) is 0.500. The molecule has 2 rings (SSSR count). The van der Waals surface area contributed by atoms with Crippen LogP contribution < -0.4 is 5.73 Å². The molecule has 0 aromatic heterocycles. The molecule has 0 spiro atoms. The van der Waals surface area contributed by atoms with Crippen molar-refractivity contribution in [3.8, 4) is 0 Å². The van der Waals surface area contributed by atoms with Gasteiger partial charge in [-0.15, -0.1) is 0 Å². The average molecular weight is 299 g/mol. The van der Waals surface area contributed by atoms with E-state index in [1.165, 1.54) is 0 Å². The van der Waals surface area contributed by atoms with Crippen molar-refractivity contribution in [1.82, 2.24) is 4.90 Å². The Labute approximate surface area is 123 Å². The molecule has 6 heteroatoms. The van der Waals surface area contributed by atoms with Gasteiger partial charge < -0.3 is 20.5 Å². The summed E-state index contributed by atoms with van der Waals surface area (Å²) in [4.78, 5) is 14.1. The first-order valence-corrected chi connectivity index (χ1v) is 7.06. The van der Waals surface area contributed by atoms with Crippen LogP contribution in [-0.2, 0) is 4.74 Å². The molecule has 0 radical (unpaired) electrons. The predicted octanol–water partition coefficient (Wildman–Crippen LogP) is 1.54. The molecule has 1 heterocycles. The van der Waals surface area contributed by atoms with E-state index in [2.05, 4.69) is 0 Å². The third-order valence-corrected chi connectivity index (χ3v) is 3.71. The molecule has 110 valence electrons. The highest BCUT2D eigenvalue weighted by molar-refractivity contribution is 6.34. The minimum absolute atomic E-state index is 0.0280. The summed E-state index contributed by atoms with van der Waals surface area (Å²) >= 11 is 6.06. The zero-order valence-electron chi connectivity index (χ0n) is 11.2. The molecule has 1 aliphatic heterocycles. The van der Waals surface area contributed by atoms with Gasteiger partial charge in [-0.1, -0.05) is 11.6 Å². The second-order valence-corrected chi connectivity index (χ2v) is 5.23. The summed E-state index contributed by atoms with van der Waals surface area (Å²) in [7, 11) is 0. The number of carbonyl (C=O) groups excluding carboxylic acids is 1. The van der Waals surface area contributed by atoms with E-state index < -0.39 is 0 Å². The van der Waals surface area contributed by atoms with Crippen LogP contribution in [0.3, 0.4) is 0 Å². The molecule has 5 nitrogen and oxygen atoms in total. The van der Waals surface area contributed by atoms with Crippen LogP contribution in [0.2, 0.25) is 5.02 Å². The summed E-state index contributed by atoms with van der Waals surface area (Å²) < 4.78 is 5.47. The molecule has 1 aliphatic rings. The lowest BCUT2D eigenvalue weighted by Crippen LogP contribution is -2.41. The number of likely N-dealkylation sites (tertiary alicyclic amines) is 1. The normalized spacial score (nSPS) is 16.4. The predicted molar refractivity (Wildman–Crippen MR) is 77.8 cm³/mol. The van der Waals surface area contributed by atoms with Gasteiger partial charge in [-0.3, -0.25) is 4.79 Å². The number of nitrogens with two attached hydrogens (primary N) is 1. The number of benzene rings is 1. The molecule has 0 saturated carbocycles. The molecule has 3 N–H and O–H groups in total. The number of aliphatic hydroxyl groups is 1. The van der Waals surface area contributed by atoms with Gasteiger partial charge in [0.1, 0.15) is 0 Å². The number of anilines is 1. The molecule has 1 fully saturated rings. The lowest BCUT2D eigenvalue weighted by Gasteiger charge is -2.32. The van der Waals surface area contributed by atoms with Crippen LogP contribution in [0.15, 0.2) is 18.2 Å². The second-order valence-electron chi connectivity index (χ2n) is 4.83. The number of amides is 1. The molecule has 0 unspecified atom stereocenters. The number of hydrogen-bond acceptors (Lipinski definition) is 4. The molecular weight excluding hydrogens is 280 g/mol. The van der Waals surface area contributed by atoms with E-state index in [4.69, 9.17) is 27.2 Å². The molecule has 0 aliphatic carbocycles. The zero-order valence-corrected chi connectivity index (χ0v) is 12.0. The van der Waals surface area contributed by atoms with Gasteiger partial charge in [0.25, 0.3) is 5.91 Å². The minimum Gasteiger partial charge on any atom is -0.399 e. The van der Waals surface area contributed by atoms with Crippen LogP contribution >= 0.6 is 11.6 Å². The number of piperidine rings is 1. The first-order chi connectivity index (χ1) is 9.61. The van der Waals surface area contributed by atoms with Crippen molar-refractivity contribution in [2.24, 2.45) is 0 Å². The number of aliphatic hydroxyl groups excluding tert-OH is 1. The molecule has 20 heavy (non-hydrogen) atoms. The van der Waals surface area contributed by atoms with Gasteiger partial charge in [0.15, 0.2) is 0 Å². The lowest BCUT2D eigenvalue weighted by molar-refractivity contribution is -0.00553. The summed E-state index contributed by atoms with van der Waals surface area (Å²) in [6, 6.07) is 4.93. The van der Waals surface area contributed by atoms with Gasteiger partial charge in [-0.25, -0.2) is 0 Å². The van der Waals surface area contributed by atoms with Crippen molar-refractivity contribution in [3.05, 3.63) is 28.8 Å². The Morgan fingerprint density at radius 3 is 2.75 bits per heavy atom. The molecular formula is C14H19ClN2O3. The number of carbonyl (C=O) groups is 1. The number of ether oxygens (including phenoxy) is 1. The molecule has 1 amide bonds. The van der Waals surface area contributed by atoms with E-state index in [0.717, 1.165) is 12.8 Å². The zero-order chi connectivity index (χ0) is 14.5. The van der Waals surface area contributed by atoms with E-state index >= 15 is 0 Å². The SMILES string of the molecule is Nc1ccc(C(=O)N2CCC(OCCO)CC2)c(Cl)c1. The quantitative estimate of drug-likeness (QED) is 0.827. The second kappa shape index (κ2) is 6.92. The van der Waals surface area contributed by atoms with E-state index in [1.807, 2.05) is 0 Å². The monoisotopic (exact) mass is 298 g/mol. The summed E-state index contributed by atoms with van der Waals surface area (Å²) in [5, 5.41) is 9.11. The molecule has 1 saturated heterocycles. The molecule has 1 aromatic carbocycles. The van der Waals surface area contributed by atoms with Crippen LogP contribution in [-0.4, -0.2) is 48.3 Å². The topological polar surface area (TPSA) is 75.8 Å². The van der Waals surface area contributed by atoms with Gasteiger partial charge in [0, 0.05) is 18.8 Å². The maximum Gasteiger partial charge on any atom is 0.255 e. The Morgan fingerprint density at radius 2 is 2.15 bits per heavy atom. The van der Waals surface area contributed by atoms with Gasteiger partial charge in [0.2, 0.25) is 0 Å². The maximum atomic E-state index is 12.4. The first-order valence-electron chi connectivity index (χ1n) is 6.68. The largest absolute Gasteiger partial charge is 0.399 e. The summed E-state index contributed by atoms with van der Waals surface area (Å²) in [6.45, 7) is 1.65. The fourth-order valence-corrected chi connectivity index (χ4v) is 2.59. The van der Waals surface area contributed by atoms with Crippen LogP contribution in [0.4, 0.5) is 5.69 Å². The highest BCUT2D eigenvalue weighted by Gasteiger charge is 2.25. The van der Waals surface area contributed by atoms with Gasteiger partial charge in [0.05, 0.1) is 29.9 Å². The molecule has 0 bridgehead atoms. The Hall–Kier alpha value is -1.30. The Morgan fingerprint density at radius 1 is 1.45 bits per heavy atom. The van der Waals surface area contributed by atoms with Crippen molar-refractivity contribution in [3.63, 3.8) is 0 Å². The standard InChI is InChI=1S/C14H19ClN2O3/c15-13-9-10(16)1-2-12(13)14(19)17-5-3-11(4-6-17)20-8-7-18/h1-2,9,11,18H,3-8,16H2. The van der Waals surface area contributed by atoms with E-state index in [-0.39, 0.29) is 18.6 Å². The van der Waals surface area contributed by atoms with E-state index in [1.54, 1.807) is 23.1 Å². The van der Waals surface area contributed by atoms with Crippen molar-refractivity contribution < 1.29 is 14.6 Å². The average Bonchev–Trinajstić information content (AvgIpc) is 2.45. The smallest absolute Gasteiger partial charge is 0.255 e. The molecule has 1 aromatic rings. The van der Waals surface area contributed by atoms with Gasteiger partial charge >= 0.3 is 0 Å². The third kappa shape index (κ3) is 3.62. The van der Waals surface area contributed by atoms with Crippen molar-refractivity contribution in [2.45, 2.75) is 18.9 Å². The van der Waals surface area contributed by atoms with Crippen molar-refractivity contribution >= 4 is 23.2 Å². The molecule has 0 atom stereocenters. The Kier molecular flexibility index (Phi) is 5.23. The van der Waals surface area contributed by atoms with E-state index in [9.17, 15) is 4.79 Å². The van der Waals surface area contributed by atoms with Crippen LogP contribution in [0.25, 0.3) is 0 Å². The van der Waals surface area contributed by atoms with Gasteiger partial charge in [-0.05, 0) is 31.0 Å². The van der Waals surface area contributed by atoms with Crippen molar-refractivity contribution in [1.29, 1.82) is 0 Å². The highest BCUT2D eigenvalue weighted by atomic mass is 35.5. The number of halogens is 1. The van der Waals surface area contributed by atoms with Crippen LogP contribution in [0.1, 0.15) is 23.2 Å². The summed E-state index contributed by atoms with van der Waals surface area (Å²) in [5.41, 5.74) is 6.65. The number of rotatable bonds is 4.